The second-order valence-corrected chi connectivity index (χ2v) is 11.0. The van der Waals surface area contributed by atoms with E-state index in [0.29, 0.717) is 16.7 Å². The zero-order valence-electron chi connectivity index (χ0n) is 23.0. The number of carbonyl (C=O) groups is 2. The molecule has 7 nitrogen and oxygen atoms in total. The van der Waals surface area contributed by atoms with E-state index in [2.05, 4.69) is 34.6 Å². The normalized spacial score (nSPS) is 17.5. The number of hydrogen-bond donors (Lipinski definition) is 1. The van der Waals surface area contributed by atoms with Gasteiger partial charge in [-0.15, -0.1) is 0 Å². The number of Topliss-reactive ketones (excluding diaryl/α,β-unsaturated/α-hetero) is 1. The summed E-state index contributed by atoms with van der Waals surface area (Å²) < 4.78 is 18.2. The van der Waals surface area contributed by atoms with Crippen molar-refractivity contribution in [3.8, 4) is 11.1 Å². The number of alkyl carbamates (subject to hydrolysis) is 1. The lowest BCUT2D eigenvalue weighted by molar-refractivity contribution is 0.00578. The van der Waals surface area contributed by atoms with E-state index in [1.807, 2.05) is 58.0 Å². The van der Waals surface area contributed by atoms with Crippen LogP contribution in [-0.4, -0.2) is 48.3 Å². The summed E-state index contributed by atoms with van der Waals surface area (Å²) in [7, 11) is -0.682. The van der Waals surface area contributed by atoms with Gasteiger partial charge in [0.25, 0.3) is 0 Å². The van der Waals surface area contributed by atoms with E-state index in [9.17, 15) is 9.59 Å². The van der Waals surface area contributed by atoms with Gasteiger partial charge in [0.15, 0.2) is 5.78 Å². The zero-order chi connectivity index (χ0) is 27.8. The second-order valence-electron chi connectivity index (χ2n) is 11.0. The molecule has 0 bridgehead atoms. The first-order valence-corrected chi connectivity index (χ1v) is 13.2. The molecule has 1 fully saturated rings. The molecule has 1 N–H and O–H groups in total. The van der Waals surface area contributed by atoms with Crippen molar-refractivity contribution in [2.24, 2.45) is 0 Å². The van der Waals surface area contributed by atoms with Gasteiger partial charge in [0.05, 0.1) is 16.9 Å². The average Bonchev–Trinajstić information content (AvgIpc) is 3.34. The van der Waals surface area contributed by atoms with E-state index in [1.165, 1.54) is 24.2 Å². The van der Waals surface area contributed by atoms with Crippen LogP contribution in [0, 0.1) is 0 Å². The molecule has 39 heavy (non-hydrogen) atoms. The van der Waals surface area contributed by atoms with Gasteiger partial charge < -0.3 is 19.4 Å². The van der Waals surface area contributed by atoms with Crippen LogP contribution in [0.4, 0.5) is 4.79 Å². The molecule has 1 aliphatic carbocycles. The SMILES string of the molecule is CC(=O)c1ccc(C=C(CNC(=O)OCC2c3ccccc3-c3ccccc32)B2OC(C)(C)C(C)(C)O2)nc1. The molecule has 1 amide bonds. The van der Waals surface area contributed by atoms with Crippen LogP contribution in [0.3, 0.4) is 0 Å². The van der Waals surface area contributed by atoms with Crippen LogP contribution in [0.2, 0.25) is 0 Å². The molecule has 0 unspecified atom stereocenters. The Morgan fingerprint density at radius 1 is 0.949 bits per heavy atom. The summed E-state index contributed by atoms with van der Waals surface area (Å²) >= 11 is 0. The van der Waals surface area contributed by atoms with Crippen molar-refractivity contribution in [3.05, 3.63) is 94.7 Å². The second kappa shape index (κ2) is 10.4. The van der Waals surface area contributed by atoms with Gasteiger partial charge in [-0.2, -0.15) is 0 Å². The van der Waals surface area contributed by atoms with Crippen LogP contribution in [0.1, 0.15) is 67.7 Å². The summed E-state index contributed by atoms with van der Waals surface area (Å²) in [5.41, 5.74) is 5.41. The fourth-order valence-corrected chi connectivity index (χ4v) is 4.91. The molecule has 5 rings (SSSR count). The van der Waals surface area contributed by atoms with Crippen LogP contribution in [0.15, 0.2) is 72.3 Å². The molecule has 1 aliphatic heterocycles. The number of hydrogen-bond acceptors (Lipinski definition) is 6. The van der Waals surface area contributed by atoms with Crippen molar-refractivity contribution in [2.75, 3.05) is 13.2 Å². The minimum absolute atomic E-state index is 0.0229. The first kappa shape index (κ1) is 26.8. The highest BCUT2D eigenvalue weighted by Gasteiger charge is 2.52. The molecular weight excluding hydrogens is 491 g/mol. The van der Waals surface area contributed by atoms with E-state index in [0.717, 1.165) is 11.1 Å². The lowest BCUT2D eigenvalue weighted by atomic mass is 9.77. The maximum Gasteiger partial charge on any atom is 0.492 e. The van der Waals surface area contributed by atoms with Gasteiger partial charge in [0.2, 0.25) is 0 Å². The molecule has 1 saturated heterocycles. The summed E-state index contributed by atoms with van der Waals surface area (Å²) in [6.45, 7) is 9.77. The number of nitrogens with zero attached hydrogens (tertiary/aromatic N) is 1. The predicted octanol–water partition coefficient (Wildman–Crippen LogP) is 5.84. The maximum absolute atomic E-state index is 12.9. The van der Waals surface area contributed by atoms with E-state index >= 15 is 0 Å². The van der Waals surface area contributed by atoms with Crippen molar-refractivity contribution in [3.63, 3.8) is 0 Å². The summed E-state index contributed by atoms with van der Waals surface area (Å²) in [5.74, 6) is -0.0774. The number of ketones is 1. The van der Waals surface area contributed by atoms with Crippen LogP contribution in [0.5, 0.6) is 0 Å². The minimum Gasteiger partial charge on any atom is -0.449 e. The molecule has 1 aromatic heterocycles. The lowest BCUT2D eigenvalue weighted by Crippen LogP contribution is -2.41. The first-order chi connectivity index (χ1) is 18.6. The average molecular weight is 524 g/mol. The van der Waals surface area contributed by atoms with E-state index < -0.39 is 24.4 Å². The van der Waals surface area contributed by atoms with Crippen molar-refractivity contribution in [1.29, 1.82) is 0 Å². The van der Waals surface area contributed by atoms with Crippen molar-refractivity contribution in [2.45, 2.75) is 51.7 Å². The molecule has 3 aromatic rings. The quantitative estimate of drug-likeness (QED) is 0.309. The summed E-state index contributed by atoms with van der Waals surface area (Å²) in [4.78, 5) is 28.9. The van der Waals surface area contributed by atoms with Crippen LogP contribution in [0.25, 0.3) is 17.2 Å². The molecule has 2 heterocycles. The number of aromatic nitrogens is 1. The monoisotopic (exact) mass is 524 g/mol. The van der Waals surface area contributed by atoms with E-state index in [1.54, 1.807) is 12.1 Å². The van der Waals surface area contributed by atoms with Crippen molar-refractivity contribution < 1.29 is 23.6 Å². The molecule has 0 spiro atoms. The molecule has 200 valence electrons. The molecule has 0 radical (unpaired) electrons. The Morgan fingerprint density at radius 2 is 1.54 bits per heavy atom. The topological polar surface area (TPSA) is 86.8 Å². The lowest BCUT2D eigenvalue weighted by Gasteiger charge is -2.32. The number of rotatable bonds is 7. The van der Waals surface area contributed by atoms with Gasteiger partial charge in [-0.05, 0) is 80.6 Å². The molecule has 0 saturated carbocycles. The molecular formula is C31H33BN2O5. The maximum atomic E-state index is 12.9. The number of nitrogens with one attached hydrogen (secondary N) is 1. The first-order valence-electron chi connectivity index (χ1n) is 13.2. The third kappa shape index (κ3) is 5.40. The summed E-state index contributed by atoms with van der Waals surface area (Å²) in [6, 6.07) is 19.9. The number of benzene rings is 2. The van der Waals surface area contributed by atoms with Crippen LogP contribution < -0.4 is 5.32 Å². The Kier molecular flexibility index (Phi) is 7.18. The number of pyridine rings is 1. The molecule has 2 aromatic carbocycles. The zero-order valence-corrected chi connectivity index (χ0v) is 23.0. The van der Waals surface area contributed by atoms with E-state index in [-0.39, 0.29) is 24.9 Å². The fourth-order valence-electron chi connectivity index (χ4n) is 4.91. The Labute approximate surface area is 229 Å². The third-order valence-corrected chi connectivity index (χ3v) is 7.86. The Balaban J connectivity index is 1.30. The standard InChI is InChI=1S/C31H33BN2O5/c1-20(35)21-14-15-23(33-17-21)16-22(32-38-30(2,3)31(4,5)39-32)18-34-29(36)37-19-28-26-12-8-6-10-24(26)25-11-7-9-13-27(25)28/h6-17,28H,18-19H2,1-5H3,(H,34,36). The number of amides is 1. The van der Waals surface area contributed by atoms with E-state index in [4.69, 9.17) is 14.0 Å². The Morgan fingerprint density at radius 3 is 2.08 bits per heavy atom. The third-order valence-electron chi connectivity index (χ3n) is 7.86. The predicted molar refractivity (Wildman–Crippen MR) is 151 cm³/mol. The Hall–Kier alpha value is -3.75. The van der Waals surface area contributed by atoms with Crippen LogP contribution >= 0.6 is 0 Å². The van der Waals surface area contributed by atoms with Gasteiger partial charge in [-0.1, -0.05) is 48.5 Å². The van der Waals surface area contributed by atoms with Crippen molar-refractivity contribution in [1.82, 2.24) is 10.3 Å². The molecule has 2 aliphatic rings. The number of ether oxygens (including phenoxy) is 1. The van der Waals surface area contributed by atoms with Gasteiger partial charge >= 0.3 is 13.2 Å². The number of fused-ring (bicyclic) bond motifs is 3. The van der Waals surface area contributed by atoms with Gasteiger partial charge in [0, 0.05) is 24.2 Å². The summed E-state index contributed by atoms with van der Waals surface area (Å²) in [5, 5.41) is 2.86. The largest absolute Gasteiger partial charge is 0.492 e. The molecule has 8 heteroatoms. The van der Waals surface area contributed by atoms with Gasteiger partial charge in [0.1, 0.15) is 6.61 Å². The summed E-state index contributed by atoms with van der Waals surface area (Å²) in [6.07, 6.45) is 2.82. The molecule has 0 atom stereocenters. The van der Waals surface area contributed by atoms with Crippen molar-refractivity contribution >= 4 is 25.1 Å². The highest BCUT2D eigenvalue weighted by atomic mass is 16.7. The highest BCUT2D eigenvalue weighted by Crippen LogP contribution is 2.44. The van der Waals surface area contributed by atoms with Gasteiger partial charge in [-0.3, -0.25) is 9.78 Å². The minimum atomic E-state index is -0.682. The Bertz CT molecular complexity index is 1370. The fraction of sp³-hybridized carbons (Fsp3) is 0.323. The number of carbonyl (C=O) groups excluding carboxylic acids is 2. The van der Waals surface area contributed by atoms with Crippen LogP contribution in [-0.2, 0) is 14.0 Å². The highest BCUT2D eigenvalue weighted by molar-refractivity contribution is 6.56. The van der Waals surface area contributed by atoms with Gasteiger partial charge in [-0.25, -0.2) is 4.79 Å². The smallest absolute Gasteiger partial charge is 0.449 e.